The van der Waals surface area contributed by atoms with Crippen molar-refractivity contribution in [3.05, 3.63) is 100 Å². The van der Waals surface area contributed by atoms with Gasteiger partial charge in [0.05, 0.1) is 11.8 Å². The zero-order valence-corrected chi connectivity index (χ0v) is 23.1. The standard InChI is InChI=1S/C31H28Cl2N2O3/c1-16(2)26(27(36)34-19-14-13-17(3)18(4)15-19)35-28(37)24-25(29(35)38)31(33)21-10-6-5-9-20(21)30(24,32)22-11-7-8-12-23(22)31/h5-16,24-26H,1-4H3,(H,34,36)/t24-,25-,26-,30?,31?/m0/s1. The van der Waals surface area contributed by atoms with E-state index < -0.39 is 45.3 Å². The van der Waals surface area contributed by atoms with Crippen molar-refractivity contribution in [2.24, 2.45) is 17.8 Å². The summed E-state index contributed by atoms with van der Waals surface area (Å²) in [6.07, 6.45) is 0. The molecule has 0 radical (unpaired) electrons. The number of carbonyl (C=O) groups is 3. The van der Waals surface area contributed by atoms with Crippen LogP contribution in [-0.2, 0) is 24.1 Å². The number of alkyl halides is 2. The molecule has 194 valence electrons. The highest BCUT2D eigenvalue weighted by Crippen LogP contribution is 2.69. The van der Waals surface area contributed by atoms with Crippen LogP contribution in [0.25, 0.3) is 0 Å². The summed E-state index contributed by atoms with van der Waals surface area (Å²) in [7, 11) is 0. The predicted octanol–water partition coefficient (Wildman–Crippen LogP) is 5.86. The third kappa shape index (κ3) is 3.09. The van der Waals surface area contributed by atoms with E-state index in [1.807, 2.05) is 94.4 Å². The predicted molar refractivity (Wildman–Crippen MR) is 148 cm³/mol. The third-order valence-corrected chi connectivity index (χ3v) is 9.86. The fourth-order valence-corrected chi connectivity index (χ4v) is 7.81. The summed E-state index contributed by atoms with van der Waals surface area (Å²) < 4.78 is 0. The molecule has 0 saturated carbocycles. The molecule has 5 nitrogen and oxygen atoms in total. The van der Waals surface area contributed by atoms with Crippen LogP contribution in [-0.4, -0.2) is 28.7 Å². The Balaban J connectivity index is 1.47. The van der Waals surface area contributed by atoms with E-state index in [1.165, 1.54) is 0 Å². The zero-order valence-electron chi connectivity index (χ0n) is 21.6. The molecule has 3 atom stereocenters. The molecule has 1 N–H and O–H groups in total. The Hall–Kier alpha value is -3.15. The normalized spacial score (nSPS) is 27.7. The summed E-state index contributed by atoms with van der Waals surface area (Å²) in [5.41, 5.74) is 5.69. The van der Waals surface area contributed by atoms with Crippen LogP contribution in [0.3, 0.4) is 0 Å². The van der Waals surface area contributed by atoms with E-state index in [0.717, 1.165) is 38.3 Å². The number of anilines is 1. The largest absolute Gasteiger partial charge is 0.324 e. The highest BCUT2D eigenvalue weighted by Gasteiger charge is 2.73. The van der Waals surface area contributed by atoms with Crippen LogP contribution in [0, 0.1) is 31.6 Å². The highest BCUT2D eigenvalue weighted by molar-refractivity contribution is 6.36. The molecule has 0 spiro atoms. The molecule has 2 bridgehead atoms. The molecule has 7 heteroatoms. The summed E-state index contributed by atoms with van der Waals surface area (Å²) in [5, 5.41) is 2.93. The average molecular weight is 547 g/mol. The monoisotopic (exact) mass is 546 g/mol. The number of aryl methyl sites for hydroxylation is 2. The highest BCUT2D eigenvalue weighted by atomic mass is 35.5. The number of nitrogens with one attached hydrogen (secondary N) is 1. The molecule has 1 aliphatic heterocycles. The van der Waals surface area contributed by atoms with Gasteiger partial charge >= 0.3 is 0 Å². The molecule has 1 fully saturated rings. The molecule has 3 aliphatic carbocycles. The first-order chi connectivity index (χ1) is 18.0. The van der Waals surface area contributed by atoms with Crippen molar-refractivity contribution in [1.82, 2.24) is 4.90 Å². The van der Waals surface area contributed by atoms with Gasteiger partial charge in [-0.3, -0.25) is 19.3 Å². The Morgan fingerprint density at radius 3 is 1.63 bits per heavy atom. The fraction of sp³-hybridized carbons (Fsp3) is 0.323. The molecule has 4 aliphatic rings. The smallest absolute Gasteiger partial charge is 0.247 e. The molecular weight excluding hydrogens is 519 g/mol. The lowest BCUT2D eigenvalue weighted by molar-refractivity contribution is -0.148. The van der Waals surface area contributed by atoms with Crippen molar-refractivity contribution in [3.8, 4) is 0 Å². The van der Waals surface area contributed by atoms with Gasteiger partial charge in [-0.15, -0.1) is 23.2 Å². The van der Waals surface area contributed by atoms with E-state index in [0.29, 0.717) is 5.69 Å². The lowest BCUT2D eigenvalue weighted by Gasteiger charge is -2.54. The van der Waals surface area contributed by atoms with E-state index in [9.17, 15) is 14.4 Å². The third-order valence-electron chi connectivity index (χ3n) is 8.57. The summed E-state index contributed by atoms with van der Waals surface area (Å²) in [6, 6.07) is 19.6. The van der Waals surface area contributed by atoms with Crippen molar-refractivity contribution < 1.29 is 14.4 Å². The van der Waals surface area contributed by atoms with Gasteiger partial charge in [-0.2, -0.15) is 0 Å². The van der Waals surface area contributed by atoms with Crippen molar-refractivity contribution in [1.29, 1.82) is 0 Å². The van der Waals surface area contributed by atoms with E-state index in [-0.39, 0.29) is 5.92 Å². The molecule has 3 aromatic carbocycles. The fourth-order valence-electron chi connectivity index (χ4n) is 6.72. The Bertz CT molecular complexity index is 1410. The van der Waals surface area contributed by atoms with Gasteiger partial charge in [-0.05, 0) is 65.3 Å². The van der Waals surface area contributed by atoms with Gasteiger partial charge in [0.1, 0.15) is 15.8 Å². The molecule has 0 aromatic heterocycles. The van der Waals surface area contributed by atoms with Crippen LogP contribution in [0.4, 0.5) is 5.69 Å². The maximum absolute atomic E-state index is 14.3. The number of rotatable bonds is 4. The number of halogens is 2. The lowest BCUT2D eigenvalue weighted by Crippen LogP contribution is -2.57. The van der Waals surface area contributed by atoms with Gasteiger partial charge in [0.2, 0.25) is 17.7 Å². The maximum Gasteiger partial charge on any atom is 0.247 e. The number of hydrogen-bond acceptors (Lipinski definition) is 3. The van der Waals surface area contributed by atoms with Crippen molar-refractivity contribution >= 4 is 46.6 Å². The van der Waals surface area contributed by atoms with Gasteiger partial charge in [0.15, 0.2) is 0 Å². The van der Waals surface area contributed by atoms with Crippen LogP contribution >= 0.6 is 23.2 Å². The second kappa shape index (κ2) is 8.42. The lowest BCUT2D eigenvalue weighted by atomic mass is 9.54. The van der Waals surface area contributed by atoms with E-state index in [2.05, 4.69) is 5.32 Å². The average Bonchev–Trinajstić information content (AvgIpc) is 3.16. The van der Waals surface area contributed by atoms with Gasteiger partial charge < -0.3 is 5.32 Å². The second-order valence-corrected chi connectivity index (χ2v) is 12.2. The Morgan fingerprint density at radius 1 is 0.789 bits per heavy atom. The number of imide groups is 1. The van der Waals surface area contributed by atoms with E-state index in [1.54, 1.807) is 0 Å². The van der Waals surface area contributed by atoms with Gasteiger partial charge in [0.25, 0.3) is 0 Å². The Labute approximate surface area is 232 Å². The first-order valence-corrected chi connectivity index (χ1v) is 13.6. The summed E-state index contributed by atoms with van der Waals surface area (Å²) in [4.78, 5) is 40.9. The number of likely N-dealkylation sites (tertiary alicyclic amines) is 1. The van der Waals surface area contributed by atoms with Gasteiger partial charge in [0, 0.05) is 5.69 Å². The molecule has 38 heavy (non-hydrogen) atoms. The van der Waals surface area contributed by atoms with Crippen LogP contribution in [0.15, 0.2) is 66.7 Å². The summed E-state index contributed by atoms with van der Waals surface area (Å²) in [6.45, 7) is 7.62. The van der Waals surface area contributed by atoms with Crippen molar-refractivity contribution in [2.75, 3.05) is 5.32 Å². The number of carbonyl (C=O) groups excluding carboxylic acids is 3. The minimum atomic E-state index is -1.28. The SMILES string of the molecule is Cc1ccc(NC(=O)[C@H](C(C)C)N2C(=O)[C@@H]3[C@@H](C2=O)C2(Cl)c4ccccc4C3(Cl)c3ccccc32)cc1C. The van der Waals surface area contributed by atoms with Crippen LogP contribution in [0.2, 0.25) is 0 Å². The first kappa shape index (κ1) is 25.1. The Morgan fingerprint density at radius 2 is 1.24 bits per heavy atom. The summed E-state index contributed by atoms with van der Waals surface area (Å²) in [5.74, 6) is -3.55. The molecule has 1 heterocycles. The summed E-state index contributed by atoms with van der Waals surface area (Å²) >= 11 is 15.0. The molecule has 3 aromatic rings. The number of benzene rings is 3. The Kier molecular flexibility index (Phi) is 5.57. The van der Waals surface area contributed by atoms with Crippen molar-refractivity contribution in [2.45, 2.75) is 43.5 Å². The second-order valence-electron chi connectivity index (χ2n) is 11.0. The minimum Gasteiger partial charge on any atom is -0.324 e. The first-order valence-electron chi connectivity index (χ1n) is 12.9. The molecule has 7 rings (SSSR count). The topological polar surface area (TPSA) is 66.5 Å². The van der Waals surface area contributed by atoms with Crippen LogP contribution in [0.5, 0.6) is 0 Å². The number of nitrogens with zero attached hydrogens (tertiary/aromatic N) is 1. The van der Waals surface area contributed by atoms with Gasteiger partial charge in [-0.25, -0.2) is 0 Å². The number of hydrogen-bond donors (Lipinski definition) is 1. The van der Waals surface area contributed by atoms with Crippen molar-refractivity contribution in [3.63, 3.8) is 0 Å². The number of amides is 3. The molecule has 1 saturated heterocycles. The van der Waals surface area contributed by atoms with Crippen LogP contribution in [0.1, 0.15) is 47.2 Å². The minimum absolute atomic E-state index is 0.338. The quantitative estimate of drug-likeness (QED) is 0.329. The zero-order chi connectivity index (χ0) is 27.1. The molecule has 3 amide bonds. The molecule has 0 unspecified atom stereocenters. The van der Waals surface area contributed by atoms with E-state index >= 15 is 0 Å². The van der Waals surface area contributed by atoms with Crippen LogP contribution < -0.4 is 5.32 Å². The van der Waals surface area contributed by atoms with Gasteiger partial charge in [-0.1, -0.05) is 68.4 Å². The molecular formula is C31H28Cl2N2O3. The van der Waals surface area contributed by atoms with E-state index in [4.69, 9.17) is 23.2 Å². The maximum atomic E-state index is 14.3.